The van der Waals surface area contributed by atoms with Gasteiger partial charge in [-0.05, 0) is 38.2 Å². The molecule has 0 aromatic carbocycles. The maximum absolute atomic E-state index is 12.7. The van der Waals surface area contributed by atoms with E-state index in [4.69, 9.17) is 0 Å². The maximum Gasteiger partial charge on any atom is 0.272 e. The molecule has 1 unspecified atom stereocenters. The van der Waals surface area contributed by atoms with Crippen molar-refractivity contribution in [2.45, 2.75) is 64.8 Å². The number of carbonyl (C=O) groups is 1. The van der Waals surface area contributed by atoms with Crippen molar-refractivity contribution in [2.75, 3.05) is 18.4 Å². The van der Waals surface area contributed by atoms with Gasteiger partial charge in [-0.1, -0.05) is 26.7 Å². The third-order valence-electron chi connectivity index (χ3n) is 4.30. The molecular formula is C17H28N4O. The van der Waals surface area contributed by atoms with Crippen molar-refractivity contribution in [2.24, 2.45) is 0 Å². The molecule has 0 radical (unpaired) electrons. The molecule has 1 amide bonds. The van der Waals surface area contributed by atoms with Crippen LogP contribution in [-0.4, -0.2) is 39.9 Å². The van der Waals surface area contributed by atoms with Gasteiger partial charge in [0.15, 0.2) is 0 Å². The van der Waals surface area contributed by atoms with E-state index in [9.17, 15) is 4.79 Å². The number of nitrogens with one attached hydrogen (secondary N) is 1. The van der Waals surface area contributed by atoms with Crippen LogP contribution in [0.1, 0.15) is 69.3 Å². The summed E-state index contributed by atoms with van der Waals surface area (Å²) in [5.74, 6) is 0.609. The Labute approximate surface area is 133 Å². The molecule has 122 valence electrons. The molecule has 22 heavy (non-hydrogen) atoms. The van der Waals surface area contributed by atoms with Crippen LogP contribution in [0, 0.1) is 0 Å². The second kappa shape index (κ2) is 8.71. The summed E-state index contributed by atoms with van der Waals surface area (Å²) in [4.78, 5) is 23.3. The van der Waals surface area contributed by atoms with Gasteiger partial charge in [0.25, 0.3) is 5.91 Å². The number of unbranched alkanes of at least 4 members (excludes halogenated alkanes) is 2. The normalized spacial score (nSPS) is 18.3. The van der Waals surface area contributed by atoms with Crippen LogP contribution in [0.5, 0.6) is 0 Å². The van der Waals surface area contributed by atoms with Crippen LogP contribution in [0.15, 0.2) is 12.3 Å². The van der Waals surface area contributed by atoms with Crippen LogP contribution < -0.4 is 5.32 Å². The predicted octanol–water partition coefficient (Wildman–Crippen LogP) is 3.48. The first-order valence-electron chi connectivity index (χ1n) is 8.64. The highest BCUT2D eigenvalue weighted by atomic mass is 16.2. The maximum atomic E-state index is 12.7. The third kappa shape index (κ3) is 4.42. The highest BCUT2D eigenvalue weighted by Gasteiger charge is 2.27. The lowest BCUT2D eigenvalue weighted by atomic mass is 9.99. The quantitative estimate of drug-likeness (QED) is 0.783. The second-order valence-corrected chi connectivity index (χ2v) is 5.96. The first-order valence-corrected chi connectivity index (χ1v) is 8.64. The molecule has 0 saturated carbocycles. The molecule has 2 heterocycles. The van der Waals surface area contributed by atoms with Crippen LogP contribution in [0.2, 0.25) is 0 Å². The largest absolute Gasteiger partial charge is 0.354 e. The number of amides is 1. The number of aromatic nitrogens is 2. The van der Waals surface area contributed by atoms with Crippen molar-refractivity contribution < 1.29 is 4.79 Å². The smallest absolute Gasteiger partial charge is 0.272 e. The Morgan fingerprint density at radius 2 is 2.23 bits per heavy atom. The molecule has 1 fully saturated rings. The van der Waals surface area contributed by atoms with E-state index in [0.717, 1.165) is 38.8 Å². The van der Waals surface area contributed by atoms with Gasteiger partial charge in [0.2, 0.25) is 5.95 Å². The van der Waals surface area contributed by atoms with Crippen LogP contribution in [0.4, 0.5) is 5.95 Å². The van der Waals surface area contributed by atoms with Crippen molar-refractivity contribution in [1.82, 2.24) is 14.9 Å². The van der Waals surface area contributed by atoms with Gasteiger partial charge in [-0.25, -0.2) is 9.97 Å². The number of carbonyl (C=O) groups excluding carboxylic acids is 1. The molecule has 5 heteroatoms. The third-order valence-corrected chi connectivity index (χ3v) is 4.30. The van der Waals surface area contributed by atoms with E-state index in [1.807, 2.05) is 4.90 Å². The summed E-state index contributed by atoms with van der Waals surface area (Å²) >= 11 is 0. The van der Waals surface area contributed by atoms with Gasteiger partial charge in [0.1, 0.15) is 5.69 Å². The highest BCUT2D eigenvalue weighted by Crippen LogP contribution is 2.21. The number of hydrogen-bond donors (Lipinski definition) is 1. The van der Waals surface area contributed by atoms with Crippen LogP contribution in [0.25, 0.3) is 0 Å². The Balaban J connectivity index is 1.99. The lowest BCUT2D eigenvalue weighted by molar-refractivity contribution is 0.0602. The number of likely N-dealkylation sites (tertiary alicyclic amines) is 1. The van der Waals surface area contributed by atoms with Crippen molar-refractivity contribution in [3.63, 3.8) is 0 Å². The Hall–Kier alpha value is -1.65. The van der Waals surface area contributed by atoms with E-state index < -0.39 is 0 Å². The zero-order valence-corrected chi connectivity index (χ0v) is 13.8. The fourth-order valence-electron chi connectivity index (χ4n) is 2.98. The van der Waals surface area contributed by atoms with Gasteiger partial charge in [0, 0.05) is 25.3 Å². The summed E-state index contributed by atoms with van der Waals surface area (Å²) < 4.78 is 0. The average molecular weight is 304 g/mol. The molecule has 1 aromatic heterocycles. The summed E-state index contributed by atoms with van der Waals surface area (Å²) in [5.41, 5.74) is 0.508. The Morgan fingerprint density at radius 3 is 3.00 bits per heavy atom. The van der Waals surface area contributed by atoms with E-state index in [1.165, 1.54) is 19.3 Å². The molecule has 1 aliphatic rings. The SMILES string of the molecule is CCCCCNc1nccc(C(=O)N2CCCCC2CC)n1. The minimum absolute atomic E-state index is 0.0468. The number of anilines is 1. The summed E-state index contributed by atoms with van der Waals surface area (Å²) in [6.45, 7) is 6.03. The molecule has 1 aromatic rings. The molecular weight excluding hydrogens is 276 g/mol. The molecule has 1 aliphatic heterocycles. The number of piperidine rings is 1. The molecule has 1 atom stereocenters. The van der Waals surface area contributed by atoms with Crippen LogP contribution in [0.3, 0.4) is 0 Å². The van der Waals surface area contributed by atoms with Crippen molar-refractivity contribution in [1.29, 1.82) is 0 Å². The Kier molecular flexibility index (Phi) is 6.62. The van der Waals surface area contributed by atoms with Crippen molar-refractivity contribution >= 4 is 11.9 Å². The van der Waals surface area contributed by atoms with E-state index in [0.29, 0.717) is 17.7 Å². The van der Waals surface area contributed by atoms with Crippen LogP contribution >= 0.6 is 0 Å². The average Bonchev–Trinajstić information content (AvgIpc) is 2.58. The van der Waals surface area contributed by atoms with E-state index >= 15 is 0 Å². The summed E-state index contributed by atoms with van der Waals surface area (Å²) in [5, 5.41) is 3.21. The van der Waals surface area contributed by atoms with Gasteiger partial charge in [0.05, 0.1) is 0 Å². The first-order chi connectivity index (χ1) is 10.8. The fourth-order valence-corrected chi connectivity index (χ4v) is 2.98. The molecule has 5 nitrogen and oxygen atoms in total. The lowest BCUT2D eigenvalue weighted by Gasteiger charge is -2.35. The zero-order valence-electron chi connectivity index (χ0n) is 13.8. The van der Waals surface area contributed by atoms with Gasteiger partial charge < -0.3 is 10.2 Å². The topological polar surface area (TPSA) is 58.1 Å². The van der Waals surface area contributed by atoms with E-state index in [2.05, 4.69) is 29.1 Å². The molecule has 0 spiro atoms. The zero-order chi connectivity index (χ0) is 15.8. The minimum atomic E-state index is 0.0468. The van der Waals surface area contributed by atoms with Crippen molar-refractivity contribution in [3.05, 3.63) is 18.0 Å². The van der Waals surface area contributed by atoms with Gasteiger partial charge in [-0.3, -0.25) is 4.79 Å². The monoisotopic (exact) mass is 304 g/mol. The minimum Gasteiger partial charge on any atom is -0.354 e. The first kappa shape index (κ1) is 16.7. The van der Waals surface area contributed by atoms with Crippen molar-refractivity contribution in [3.8, 4) is 0 Å². The summed E-state index contributed by atoms with van der Waals surface area (Å²) in [7, 11) is 0. The van der Waals surface area contributed by atoms with E-state index in [-0.39, 0.29) is 5.91 Å². The molecule has 2 rings (SSSR count). The predicted molar refractivity (Wildman–Crippen MR) is 89.0 cm³/mol. The summed E-state index contributed by atoms with van der Waals surface area (Å²) in [6.07, 6.45) is 9.58. The Bertz CT molecular complexity index is 477. The second-order valence-electron chi connectivity index (χ2n) is 5.96. The van der Waals surface area contributed by atoms with Crippen LogP contribution in [-0.2, 0) is 0 Å². The molecule has 1 saturated heterocycles. The molecule has 1 N–H and O–H groups in total. The number of hydrogen-bond acceptors (Lipinski definition) is 4. The molecule has 0 aliphatic carbocycles. The van der Waals surface area contributed by atoms with Gasteiger partial charge in [-0.2, -0.15) is 0 Å². The number of rotatable bonds is 7. The lowest BCUT2D eigenvalue weighted by Crippen LogP contribution is -2.43. The summed E-state index contributed by atoms with van der Waals surface area (Å²) in [6, 6.07) is 2.08. The Morgan fingerprint density at radius 1 is 1.36 bits per heavy atom. The number of nitrogens with zero attached hydrogens (tertiary/aromatic N) is 3. The van der Waals surface area contributed by atoms with E-state index in [1.54, 1.807) is 12.3 Å². The standard InChI is InChI=1S/C17H28N4O/c1-3-5-7-11-18-17-19-12-10-15(20-17)16(22)21-13-8-6-9-14(21)4-2/h10,12,14H,3-9,11,13H2,1-2H3,(H,18,19,20). The van der Waals surface area contributed by atoms with Gasteiger partial charge >= 0.3 is 0 Å². The van der Waals surface area contributed by atoms with Gasteiger partial charge in [-0.15, -0.1) is 0 Å². The highest BCUT2D eigenvalue weighted by molar-refractivity contribution is 5.92. The fraction of sp³-hybridized carbons (Fsp3) is 0.706. The molecule has 0 bridgehead atoms.